The molecule has 0 saturated carbocycles. The van der Waals surface area contributed by atoms with E-state index in [9.17, 15) is 28.8 Å². The molecule has 0 fully saturated rings. The van der Waals surface area contributed by atoms with E-state index >= 15 is 0 Å². The summed E-state index contributed by atoms with van der Waals surface area (Å²) >= 11 is 0. The zero-order chi connectivity index (χ0) is 32.6. The molecule has 0 aliphatic heterocycles. The van der Waals surface area contributed by atoms with Crippen LogP contribution in [0.1, 0.15) is 96.8 Å². The molecule has 3 amide bonds. The molecule has 0 bridgehead atoms. The van der Waals surface area contributed by atoms with E-state index in [0.717, 1.165) is 77.0 Å². The Balaban J connectivity index is 4.77. The second-order valence-electron chi connectivity index (χ2n) is 10.5. The highest BCUT2D eigenvalue weighted by Gasteiger charge is 2.35. The molecule has 0 spiro atoms. The molecule has 0 aromatic heterocycles. The number of ether oxygens (including phenoxy) is 2. The van der Waals surface area contributed by atoms with E-state index < -0.39 is 17.6 Å². The number of hydrogen-bond donors (Lipinski definition) is 3. The topological polar surface area (TPSA) is 194 Å². The molecule has 0 atom stereocenters. The van der Waals surface area contributed by atoms with Gasteiger partial charge in [0.15, 0.2) is 0 Å². The van der Waals surface area contributed by atoms with Crippen LogP contribution in [0.4, 0.5) is 9.59 Å². The number of unbranched alkanes of at least 4 members (excludes halogenated alkanes) is 9. The molecule has 0 aromatic carbocycles. The second kappa shape index (κ2) is 29.2. The Morgan fingerprint density at radius 3 is 1.30 bits per heavy atom. The Morgan fingerprint density at radius 2 is 0.932 bits per heavy atom. The first-order chi connectivity index (χ1) is 21.4. The van der Waals surface area contributed by atoms with Gasteiger partial charge in [-0.25, -0.2) is 38.9 Å². The van der Waals surface area contributed by atoms with E-state index in [1.54, 1.807) is 0 Å². The van der Waals surface area contributed by atoms with Crippen molar-refractivity contribution in [3.8, 4) is 0 Å². The molecule has 0 rings (SSSR count). The Kier molecular flexibility index (Phi) is 26.7. The van der Waals surface area contributed by atoms with Gasteiger partial charge in [-0.15, -0.1) is 0 Å². The highest BCUT2D eigenvalue weighted by molar-refractivity contribution is 5.77. The number of isocyanates is 3. The predicted molar refractivity (Wildman–Crippen MR) is 163 cm³/mol. The molecular formula is C30H50N6O8. The quantitative estimate of drug-likeness (QED) is 0.0661. The number of nitrogens with zero attached hydrogens (tertiary/aromatic N) is 3. The van der Waals surface area contributed by atoms with Crippen LogP contribution in [-0.2, 0) is 28.7 Å². The van der Waals surface area contributed by atoms with Crippen molar-refractivity contribution in [1.29, 1.82) is 0 Å². The van der Waals surface area contributed by atoms with Crippen molar-refractivity contribution in [2.75, 3.05) is 52.5 Å². The minimum Gasteiger partial charge on any atom is -0.449 e. The van der Waals surface area contributed by atoms with Crippen molar-refractivity contribution in [1.82, 2.24) is 16.0 Å². The first-order valence-electron chi connectivity index (χ1n) is 15.6. The Morgan fingerprint density at radius 1 is 0.568 bits per heavy atom. The maximum Gasteiger partial charge on any atom is 0.407 e. The SMILES string of the molecule is CCC(COC(=O)NCCCCCCN=C=O)(COC(=O)NCCCCCCN=C=O)CC(=O)NCCCCCCN=C=O. The van der Waals surface area contributed by atoms with E-state index in [0.29, 0.717) is 45.7 Å². The minimum atomic E-state index is -0.913. The molecule has 0 radical (unpaired) electrons. The van der Waals surface area contributed by atoms with Crippen LogP contribution in [0, 0.1) is 5.41 Å². The fraction of sp³-hybridized carbons (Fsp3) is 0.800. The maximum atomic E-state index is 12.8. The third-order valence-corrected chi connectivity index (χ3v) is 6.95. The monoisotopic (exact) mass is 622 g/mol. The Labute approximate surface area is 260 Å². The van der Waals surface area contributed by atoms with Gasteiger partial charge in [0.05, 0.1) is 19.6 Å². The lowest BCUT2D eigenvalue weighted by Crippen LogP contribution is -2.41. The molecular weight excluding hydrogens is 572 g/mol. The molecule has 44 heavy (non-hydrogen) atoms. The van der Waals surface area contributed by atoms with Crippen molar-refractivity contribution in [3.05, 3.63) is 0 Å². The van der Waals surface area contributed by atoms with Gasteiger partial charge in [0, 0.05) is 31.5 Å². The Hall–Kier alpha value is -3.85. The maximum absolute atomic E-state index is 12.8. The highest BCUT2D eigenvalue weighted by Crippen LogP contribution is 2.28. The fourth-order valence-corrected chi connectivity index (χ4v) is 4.17. The van der Waals surface area contributed by atoms with Crippen molar-refractivity contribution in [2.45, 2.75) is 96.8 Å². The molecule has 0 heterocycles. The summed E-state index contributed by atoms with van der Waals surface area (Å²) in [4.78, 5) is 78.4. The van der Waals surface area contributed by atoms with Crippen LogP contribution in [0.2, 0.25) is 0 Å². The average Bonchev–Trinajstić information content (AvgIpc) is 3.02. The third kappa shape index (κ3) is 24.7. The van der Waals surface area contributed by atoms with Crippen LogP contribution in [0.3, 0.4) is 0 Å². The van der Waals surface area contributed by atoms with Crippen LogP contribution < -0.4 is 16.0 Å². The van der Waals surface area contributed by atoms with Gasteiger partial charge in [0.25, 0.3) is 0 Å². The highest BCUT2D eigenvalue weighted by atomic mass is 16.6. The van der Waals surface area contributed by atoms with Crippen LogP contribution in [0.15, 0.2) is 15.0 Å². The summed E-state index contributed by atoms with van der Waals surface area (Å²) < 4.78 is 10.9. The van der Waals surface area contributed by atoms with Crippen LogP contribution in [-0.4, -0.2) is 88.8 Å². The first-order valence-corrected chi connectivity index (χ1v) is 15.6. The van der Waals surface area contributed by atoms with E-state index in [2.05, 4.69) is 30.9 Å². The Bertz CT molecular complexity index is 896. The van der Waals surface area contributed by atoms with Crippen LogP contribution in [0.25, 0.3) is 0 Å². The van der Waals surface area contributed by atoms with Crippen molar-refractivity contribution < 1.29 is 38.2 Å². The lowest BCUT2D eigenvalue weighted by atomic mass is 9.83. The van der Waals surface area contributed by atoms with Crippen molar-refractivity contribution >= 4 is 36.3 Å². The number of aliphatic imine (C=N–C) groups is 3. The summed E-state index contributed by atoms with van der Waals surface area (Å²) in [5, 5.41) is 8.29. The smallest absolute Gasteiger partial charge is 0.407 e. The van der Waals surface area contributed by atoms with Gasteiger partial charge in [0.2, 0.25) is 24.1 Å². The molecule has 3 N–H and O–H groups in total. The summed E-state index contributed by atoms with van der Waals surface area (Å²) in [5.74, 6) is -0.233. The molecule has 14 nitrogen and oxygen atoms in total. The standard InChI is InChI=1S/C30H50N6O8/c1-2-30(21-27(40)34-18-12-6-3-9-15-31-24-37,22-43-28(41)35-19-13-7-4-10-16-32-25-38)23-44-29(42)36-20-14-8-5-11-17-33-26-39/h2-23H2,1H3,(H,34,40)(H,35,41)(H,36,42). The van der Waals surface area contributed by atoms with Gasteiger partial charge in [-0.3, -0.25) is 4.79 Å². The van der Waals surface area contributed by atoms with E-state index in [4.69, 9.17) is 9.47 Å². The zero-order valence-corrected chi connectivity index (χ0v) is 26.2. The molecule has 0 unspecified atom stereocenters. The number of amides is 3. The third-order valence-electron chi connectivity index (χ3n) is 6.95. The van der Waals surface area contributed by atoms with Gasteiger partial charge >= 0.3 is 12.2 Å². The summed E-state index contributed by atoms with van der Waals surface area (Å²) in [6.07, 6.45) is 13.5. The number of carbonyl (C=O) groups excluding carboxylic acids is 6. The van der Waals surface area contributed by atoms with E-state index in [1.807, 2.05) is 6.92 Å². The van der Waals surface area contributed by atoms with E-state index in [-0.39, 0.29) is 25.5 Å². The molecule has 0 aliphatic rings. The minimum absolute atomic E-state index is 0.00461. The summed E-state index contributed by atoms with van der Waals surface area (Å²) in [7, 11) is 0. The van der Waals surface area contributed by atoms with Gasteiger partial charge < -0.3 is 25.4 Å². The van der Waals surface area contributed by atoms with Crippen LogP contribution >= 0.6 is 0 Å². The van der Waals surface area contributed by atoms with Crippen molar-refractivity contribution in [2.24, 2.45) is 20.4 Å². The lowest BCUT2D eigenvalue weighted by Gasteiger charge is -2.31. The van der Waals surface area contributed by atoms with Gasteiger partial charge in [-0.2, -0.15) is 0 Å². The molecule has 0 aromatic rings. The molecule has 14 heteroatoms. The summed E-state index contributed by atoms with van der Waals surface area (Å²) in [6, 6.07) is 0. The lowest BCUT2D eigenvalue weighted by molar-refractivity contribution is -0.125. The first kappa shape index (κ1) is 40.1. The number of carbonyl (C=O) groups is 3. The summed E-state index contributed by atoms with van der Waals surface area (Å²) in [5.41, 5.74) is -0.913. The number of nitrogens with one attached hydrogen (secondary N) is 3. The van der Waals surface area contributed by atoms with Gasteiger partial charge in [-0.05, 0) is 44.9 Å². The second-order valence-corrected chi connectivity index (χ2v) is 10.5. The van der Waals surface area contributed by atoms with E-state index in [1.165, 1.54) is 18.2 Å². The molecule has 248 valence electrons. The predicted octanol–water partition coefficient (Wildman–Crippen LogP) is 4.03. The largest absolute Gasteiger partial charge is 0.449 e. The normalized spacial score (nSPS) is 11.5. The number of alkyl carbamates (subject to hydrolysis) is 2. The summed E-state index contributed by atoms with van der Waals surface area (Å²) in [6.45, 7) is 4.28. The van der Waals surface area contributed by atoms with Crippen LogP contribution in [0.5, 0.6) is 0 Å². The fourth-order valence-electron chi connectivity index (χ4n) is 4.17. The zero-order valence-electron chi connectivity index (χ0n) is 26.2. The number of rotatable bonds is 28. The molecule has 0 aliphatic carbocycles. The van der Waals surface area contributed by atoms with Crippen molar-refractivity contribution in [3.63, 3.8) is 0 Å². The number of hydrogen-bond acceptors (Lipinski definition) is 11. The average molecular weight is 623 g/mol. The molecule has 0 saturated heterocycles. The van der Waals surface area contributed by atoms with Gasteiger partial charge in [0.1, 0.15) is 13.2 Å². The van der Waals surface area contributed by atoms with Gasteiger partial charge in [-0.1, -0.05) is 45.4 Å².